The number of nitrogens with one attached hydrogen (secondary N) is 4. The van der Waals surface area contributed by atoms with Crippen LogP contribution in [-0.2, 0) is 0 Å². The monoisotopic (exact) mass is 848 g/mol. The Morgan fingerprint density at radius 1 is 0.444 bits per heavy atom. The van der Waals surface area contributed by atoms with E-state index in [2.05, 4.69) is 41.7 Å². The lowest BCUT2D eigenvalue weighted by Crippen LogP contribution is -2.34. The first-order chi connectivity index (χ1) is 30.4. The summed E-state index contributed by atoms with van der Waals surface area (Å²) in [5.74, 6) is -1.08. The summed E-state index contributed by atoms with van der Waals surface area (Å²) in [4.78, 5) is 49.2. The molecule has 1 aromatic heterocycles. The summed E-state index contributed by atoms with van der Waals surface area (Å²) in [6.07, 6.45) is 0. The molecule has 0 radical (unpaired) electrons. The van der Waals surface area contributed by atoms with Gasteiger partial charge in [-0.25, -0.2) is 0 Å². The standard InChI is InChI=1S/C25H26N6O2.C21H22N6O3/c1-17(30-31-25(26)27)18-7-11-21(12-8-18)23(32)28-15-16-29-24(33)22-13-9-20(10-14-22)19-5-3-2-4-6-19;1-13(26-27-21(22)23)14-6-4-7-16(11-14)19(28)24-9-10-25-20(29)18-12-15-5-2-3-8-17(15)30-18/h2-14H,15-16H2,1H3,(H,28,32)(H,29,33)(H4,26,27,31);2-8,11-12H,9-10H2,1H3,(H,24,28)(H,25,29)(H4,22,23,27)/b30-17+;26-13+. The summed E-state index contributed by atoms with van der Waals surface area (Å²) < 4.78 is 5.51. The van der Waals surface area contributed by atoms with Crippen LogP contribution in [0, 0.1) is 0 Å². The Labute approximate surface area is 363 Å². The third-order valence-electron chi connectivity index (χ3n) is 9.03. The lowest BCUT2D eigenvalue weighted by Gasteiger charge is -2.08. The molecule has 6 rings (SSSR count). The molecule has 0 aliphatic heterocycles. The van der Waals surface area contributed by atoms with Crippen molar-refractivity contribution < 1.29 is 23.6 Å². The van der Waals surface area contributed by atoms with Crippen LogP contribution in [0.5, 0.6) is 0 Å². The van der Waals surface area contributed by atoms with Crippen molar-refractivity contribution in [1.82, 2.24) is 21.3 Å². The van der Waals surface area contributed by atoms with Gasteiger partial charge in [0, 0.05) is 48.3 Å². The van der Waals surface area contributed by atoms with Gasteiger partial charge in [-0.1, -0.05) is 84.9 Å². The van der Waals surface area contributed by atoms with Crippen molar-refractivity contribution in [3.05, 3.63) is 167 Å². The smallest absolute Gasteiger partial charge is 0.287 e. The number of hydrogen-bond donors (Lipinski definition) is 8. The number of benzene rings is 5. The quantitative estimate of drug-likeness (QED) is 0.0319. The number of amides is 4. The van der Waals surface area contributed by atoms with Gasteiger partial charge >= 0.3 is 0 Å². The Balaban J connectivity index is 0.000000239. The number of carbonyl (C=O) groups excluding carboxylic acids is 4. The maximum absolute atomic E-state index is 12.4. The van der Waals surface area contributed by atoms with Gasteiger partial charge in [0.05, 0.1) is 11.4 Å². The molecular weight excluding hydrogens is 801 g/mol. The fourth-order valence-corrected chi connectivity index (χ4v) is 5.77. The van der Waals surface area contributed by atoms with E-state index in [9.17, 15) is 19.2 Å². The summed E-state index contributed by atoms with van der Waals surface area (Å²) in [7, 11) is 0. The number of hydrogen-bond acceptors (Lipinski definition) is 9. The molecule has 0 fully saturated rings. The van der Waals surface area contributed by atoms with Crippen molar-refractivity contribution in [3.8, 4) is 11.1 Å². The summed E-state index contributed by atoms with van der Waals surface area (Å²) >= 11 is 0. The highest BCUT2D eigenvalue weighted by Gasteiger charge is 2.13. The molecule has 5 aromatic carbocycles. The number of rotatable bonds is 15. The number of fused-ring (bicyclic) bond motifs is 1. The fraction of sp³-hybridized carbons (Fsp3) is 0.130. The maximum atomic E-state index is 12.4. The number of nitrogens with zero attached hydrogens (tertiary/aromatic N) is 4. The Bertz CT molecular complexity index is 2610. The van der Waals surface area contributed by atoms with Crippen LogP contribution in [0.3, 0.4) is 0 Å². The van der Waals surface area contributed by atoms with E-state index in [4.69, 9.17) is 27.4 Å². The Kier molecular flexibility index (Phi) is 16.4. The molecule has 0 bridgehead atoms. The zero-order valence-electron chi connectivity index (χ0n) is 34.7. The van der Waals surface area contributed by atoms with Gasteiger partial charge in [-0.15, -0.1) is 10.2 Å². The predicted octanol–water partition coefficient (Wildman–Crippen LogP) is 4.10. The topological polar surface area (TPSA) is 283 Å². The highest BCUT2D eigenvalue weighted by Crippen LogP contribution is 2.20. The number of para-hydroxylation sites is 1. The van der Waals surface area contributed by atoms with E-state index in [1.807, 2.05) is 60.7 Å². The summed E-state index contributed by atoms with van der Waals surface area (Å²) in [6.45, 7) is 4.63. The third kappa shape index (κ3) is 14.0. The van der Waals surface area contributed by atoms with Gasteiger partial charge in [-0.2, -0.15) is 10.2 Å². The van der Waals surface area contributed by atoms with Gasteiger partial charge in [0.25, 0.3) is 23.6 Å². The van der Waals surface area contributed by atoms with Gasteiger partial charge in [-0.3, -0.25) is 19.2 Å². The molecule has 12 N–H and O–H groups in total. The summed E-state index contributed by atoms with van der Waals surface area (Å²) in [5.41, 5.74) is 28.0. The van der Waals surface area contributed by atoms with Gasteiger partial charge < -0.3 is 48.6 Å². The Morgan fingerprint density at radius 3 is 1.44 bits per heavy atom. The molecule has 4 amide bonds. The first-order valence-electron chi connectivity index (χ1n) is 19.6. The molecule has 0 atom stereocenters. The van der Waals surface area contributed by atoms with Gasteiger partial charge in [0.1, 0.15) is 5.58 Å². The van der Waals surface area contributed by atoms with Crippen LogP contribution in [0.1, 0.15) is 66.6 Å². The van der Waals surface area contributed by atoms with E-state index in [-0.39, 0.29) is 54.4 Å². The van der Waals surface area contributed by atoms with E-state index < -0.39 is 0 Å². The van der Waals surface area contributed by atoms with Gasteiger partial charge in [0.2, 0.25) is 11.9 Å². The zero-order valence-corrected chi connectivity index (χ0v) is 34.7. The normalized spacial score (nSPS) is 11.0. The van der Waals surface area contributed by atoms with E-state index in [0.29, 0.717) is 52.3 Å². The van der Waals surface area contributed by atoms with Crippen LogP contribution in [0.25, 0.3) is 22.1 Å². The number of furan rings is 1. The van der Waals surface area contributed by atoms with Crippen molar-refractivity contribution >= 4 is 57.9 Å². The largest absolute Gasteiger partial charge is 0.451 e. The molecule has 0 unspecified atom stereocenters. The molecule has 1 heterocycles. The molecule has 17 nitrogen and oxygen atoms in total. The van der Waals surface area contributed by atoms with Crippen LogP contribution in [0.2, 0.25) is 0 Å². The van der Waals surface area contributed by atoms with Crippen molar-refractivity contribution in [2.24, 2.45) is 43.3 Å². The number of carbonyl (C=O) groups is 4. The number of guanidine groups is 2. The first-order valence-corrected chi connectivity index (χ1v) is 19.6. The zero-order chi connectivity index (χ0) is 45.1. The van der Waals surface area contributed by atoms with E-state index in [1.54, 1.807) is 86.6 Å². The molecule has 6 aromatic rings. The molecule has 322 valence electrons. The van der Waals surface area contributed by atoms with Crippen molar-refractivity contribution in [1.29, 1.82) is 0 Å². The molecule has 17 heteroatoms. The van der Waals surface area contributed by atoms with Crippen LogP contribution in [0.15, 0.2) is 158 Å². The highest BCUT2D eigenvalue weighted by molar-refractivity contribution is 6.03. The average molecular weight is 849 g/mol. The second kappa shape index (κ2) is 22.7. The average Bonchev–Trinajstić information content (AvgIpc) is 3.75. The minimum absolute atomic E-state index is 0.123. The minimum atomic E-state index is -0.339. The molecule has 0 saturated carbocycles. The van der Waals surface area contributed by atoms with E-state index >= 15 is 0 Å². The van der Waals surface area contributed by atoms with E-state index in [1.165, 1.54) is 0 Å². The lowest BCUT2D eigenvalue weighted by molar-refractivity contribution is 0.0912. The highest BCUT2D eigenvalue weighted by atomic mass is 16.3. The minimum Gasteiger partial charge on any atom is -0.451 e. The molecule has 0 aliphatic rings. The summed E-state index contributed by atoms with van der Waals surface area (Å²) in [6, 6.07) is 40.2. The lowest BCUT2D eigenvalue weighted by atomic mass is 10.0. The second-order valence-electron chi connectivity index (χ2n) is 13.7. The molecule has 0 saturated heterocycles. The molecule has 0 aliphatic carbocycles. The Hall–Kier alpha value is -8.60. The first kappa shape index (κ1) is 45.5. The van der Waals surface area contributed by atoms with E-state index in [0.717, 1.165) is 22.1 Å². The van der Waals surface area contributed by atoms with Crippen LogP contribution >= 0.6 is 0 Å². The van der Waals surface area contributed by atoms with Gasteiger partial charge in [0.15, 0.2) is 5.76 Å². The predicted molar refractivity (Wildman–Crippen MR) is 246 cm³/mol. The summed E-state index contributed by atoms with van der Waals surface area (Å²) in [5, 5.41) is 26.9. The van der Waals surface area contributed by atoms with Gasteiger partial charge in [-0.05, 0) is 84.6 Å². The van der Waals surface area contributed by atoms with Crippen molar-refractivity contribution in [2.45, 2.75) is 13.8 Å². The number of nitrogens with two attached hydrogens (primary N) is 4. The molecular formula is C46H48N12O5. The van der Waals surface area contributed by atoms with Crippen molar-refractivity contribution in [2.75, 3.05) is 26.2 Å². The Morgan fingerprint density at radius 2 is 0.889 bits per heavy atom. The van der Waals surface area contributed by atoms with Crippen LogP contribution < -0.4 is 44.2 Å². The van der Waals surface area contributed by atoms with Crippen LogP contribution in [0.4, 0.5) is 0 Å². The van der Waals surface area contributed by atoms with Crippen molar-refractivity contribution in [3.63, 3.8) is 0 Å². The third-order valence-corrected chi connectivity index (χ3v) is 9.03. The van der Waals surface area contributed by atoms with Crippen LogP contribution in [-0.4, -0.2) is 73.2 Å². The second-order valence-corrected chi connectivity index (χ2v) is 13.7. The molecule has 0 spiro atoms. The molecule has 63 heavy (non-hydrogen) atoms. The fourth-order valence-electron chi connectivity index (χ4n) is 5.77. The maximum Gasteiger partial charge on any atom is 0.287 e. The SMILES string of the molecule is C/C(=N\N=C(N)N)c1ccc(C(=O)NCCNC(=O)c2ccc(-c3ccccc3)cc2)cc1.C/C(=N\N=C(N)N)c1cccc(C(=O)NCCNC(=O)c2cc3ccccc3o2)c1.